The maximum atomic E-state index is 12.8. The predicted octanol–water partition coefficient (Wildman–Crippen LogP) is 6.33. The molecule has 0 spiro atoms. The van der Waals surface area contributed by atoms with E-state index in [4.69, 9.17) is 17.0 Å². The Bertz CT molecular complexity index is 1040. The summed E-state index contributed by atoms with van der Waals surface area (Å²) in [5.41, 5.74) is 5.61. The van der Waals surface area contributed by atoms with E-state index in [9.17, 15) is 4.79 Å². The van der Waals surface area contributed by atoms with Crippen LogP contribution in [0, 0.1) is 20.8 Å². The van der Waals surface area contributed by atoms with Gasteiger partial charge in [-0.3, -0.25) is 0 Å². The first-order valence-electron chi connectivity index (χ1n) is 9.42. The van der Waals surface area contributed by atoms with Gasteiger partial charge in [-0.15, -0.1) is 11.3 Å². The molecule has 150 valence electrons. The number of thiophene rings is 1. The summed E-state index contributed by atoms with van der Waals surface area (Å²) in [5.74, 6) is -0.354. The van der Waals surface area contributed by atoms with Gasteiger partial charge in [-0.1, -0.05) is 48.0 Å². The van der Waals surface area contributed by atoms with E-state index in [1.54, 1.807) is 6.92 Å². The number of aryl methyl sites for hydroxylation is 3. The Labute approximate surface area is 180 Å². The highest BCUT2D eigenvalue weighted by atomic mass is 32.1. The van der Waals surface area contributed by atoms with E-state index in [0.29, 0.717) is 22.3 Å². The van der Waals surface area contributed by atoms with Gasteiger partial charge in [0, 0.05) is 16.1 Å². The number of hydrogen-bond donors (Lipinski definition) is 2. The third kappa shape index (κ3) is 4.83. The molecule has 0 aliphatic rings. The van der Waals surface area contributed by atoms with Gasteiger partial charge in [0.1, 0.15) is 10.6 Å². The SMILES string of the molecule is CCOC(=O)c1c(NC(=S)Nc2ccc(C)cc2C)sc(C)c1-c1ccccc1. The maximum absolute atomic E-state index is 12.8. The molecule has 0 amide bonds. The van der Waals surface area contributed by atoms with Gasteiger partial charge in [-0.05, 0) is 57.1 Å². The largest absolute Gasteiger partial charge is 0.462 e. The lowest BCUT2D eigenvalue weighted by Crippen LogP contribution is -2.20. The first-order valence-corrected chi connectivity index (χ1v) is 10.6. The summed E-state index contributed by atoms with van der Waals surface area (Å²) in [7, 11) is 0. The number of carbonyl (C=O) groups is 1. The van der Waals surface area contributed by atoms with Crippen LogP contribution in [0.1, 0.15) is 33.3 Å². The lowest BCUT2D eigenvalue weighted by molar-refractivity contribution is 0.0529. The smallest absolute Gasteiger partial charge is 0.341 e. The molecule has 1 heterocycles. The standard InChI is InChI=1S/C23H24N2O2S2/c1-5-27-22(26)20-19(17-9-7-6-8-10-17)16(4)29-21(20)25-23(28)24-18-12-11-14(2)13-15(18)3/h6-13H,5H2,1-4H3,(H2,24,25,28). The molecule has 0 atom stereocenters. The molecule has 4 nitrogen and oxygen atoms in total. The van der Waals surface area contributed by atoms with E-state index in [-0.39, 0.29) is 5.97 Å². The van der Waals surface area contributed by atoms with Crippen LogP contribution in [0.5, 0.6) is 0 Å². The average molecular weight is 425 g/mol. The topological polar surface area (TPSA) is 50.4 Å². The first-order chi connectivity index (χ1) is 13.9. The van der Waals surface area contributed by atoms with Crippen molar-refractivity contribution in [2.45, 2.75) is 27.7 Å². The van der Waals surface area contributed by atoms with Gasteiger partial charge in [0.25, 0.3) is 0 Å². The Morgan fingerprint density at radius 1 is 1.07 bits per heavy atom. The number of benzene rings is 2. The minimum absolute atomic E-state index is 0.312. The highest BCUT2D eigenvalue weighted by Crippen LogP contribution is 2.40. The molecular weight excluding hydrogens is 400 g/mol. The molecule has 0 unspecified atom stereocenters. The number of anilines is 2. The van der Waals surface area contributed by atoms with Gasteiger partial charge in [0.2, 0.25) is 0 Å². The van der Waals surface area contributed by atoms with Crippen molar-refractivity contribution >= 4 is 45.3 Å². The zero-order valence-corrected chi connectivity index (χ0v) is 18.6. The Hall–Kier alpha value is -2.70. The zero-order chi connectivity index (χ0) is 21.0. The van der Waals surface area contributed by atoms with Crippen molar-refractivity contribution < 1.29 is 9.53 Å². The predicted molar refractivity (Wildman–Crippen MR) is 126 cm³/mol. The number of carbonyl (C=O) groups excluding carboxylic acids is 1. The fourth-order valence-electron chi connectivity index (χ4n) is 3.19. The second-order valence-electron chi connectivity index (χ2n) is 6.72. The molecule has 0 saturated carbocycles. The molecule has 3 rings (SSSR count). The van der Waals surface area contributed by atoms with Crippen molar-refractivity contribution in [2.24, 2.45) is 0 Å². The van der Waals surface area contributed by atoms with Gasteiger partial charge < -0.3 is 15.4 Å². The van der Waals surface area contributed by atoms with Crippen LogP contribution >= 0.6 is 23.6 Å². The van der Waals surface area contributed by atoms with E-state index in [2.05, 4.69) is 23.6 Å². The van der Waals surface area contributed by atoms with Crippen LogP contribution in [0.4, 0.5) is 10.7 Å². The lowest BCUT2D eigenvalue weighted by atomic mass is 10.0. The summed E-state index contributed by atoms with van der Waals surface area (Å²) in [6, 6.07) is 16.0. The second-order valence-corrected chi connectivity index (χ2v) is 8.35. The molecule has 0 fully saturated rings. The fraction of sp³-hybridized carbons (Fsp3) is 0.217. The van der Waals surface area contributed by atoms with E-state index in [1.165, 1.54) is 16.9 Å². The summed E-state index contributed by atoms with van der Waals surface area (Å²) in [6.07, 6.45) is 0. The third-order valence-electron chi connectivity index (χ3n) is 4.48. The molecule has 1 aromatic heterocycles. The van der Waals surface area contributed by atoms with E-state index in [0.717, 1.165) is 27.3 Å². The molecule has 0 aliphatic carbocycles. The molecular formula is C23H24N2O2S2. The first kappa shape index (κ1) is 21.0. The van der Waals surface area contributed by atoms with Crippen molar-refractivity contribution in [3.63, 3.8) is 0 Å². The Kier molecular flexibility index (Phi) is 6.67. The molecule has 0 radical (unpaired) electrons. The van der Waals surface area contributed by atoms with E-state index >= 15 is 0 Å². The van der Waals surface area contributed by atoms with Gasteiger partial charge in [-0.2, -0.15) is 0 Å². The van der Waals surface area contributed by atoms with Gasteiger partial charge in [-0.25, -0.2) is 4.79 Å². The van der Waals surface area contributed by atoms with Gasteiger partial charge in [0.05, 0.1) is 6.61 Å². The van der Waals surface area contributed by atoms with Crippen LogP contribution in [0.15, 0.2) is 48.5 Å². The quantitative estimate of drug-likeness (QED) is 0.370. The highest BCUT2D eigenvalue weighted by molar-refractivity contribution is 7.80. The normalized spacial score (nSPS) is 10.5. The Morgan fingerprint density at radius 3 is 2.45 bits per heavy atom. The van der Waals surface area contributed by atoms with Crippen molar-refractivity contribution in [3.8, 4) is 11.1 Å². The zero-order valence-electron chi connectivity index (χ0n) is 17.0. The fourth-order valence-corrected chi connectivity index (χ4v) is 4.54. The van der Waals surface area contributed by atoms with Crippen LogP contribution in [0.25, 0.3) is 11.1 Å². The average Bonchev–Trinajstić information content (AvgIpc) is 3.00. The number of nitrogens with one attached hydrogen (secondary N) is 2. The van der Waals surface area contributed by atoms with Crippen LogP contribution in [-0.4, -0.2) is 17.7 Å². The minimum atomic E-state index is -0.354. The molecule has 0 aliphatic heterocycles. The van der Waals surface area contributed by atoms with Crippen LogP contribution in [0.3, 0.4) is 0 Å². The maximum Gasteiger partial charge on any atom is 0.341 e. The number of ether oxygens (including phenoxy) is 1. The van der Waals surface area contributed by atoms with Crippen LogP contribution in [0.2, 0.25) is 0 Å². The van der Waals surface area contributed by atoms with E-state index < -0.39 is 0 Å². The molecule has 3 aromatic rings. The molecule has 0 bridgehead atoms. The number of hydrogen-bond acceptors (Lipinski definition) is 4. The lowest BCUT2D eigenvalue weighted by Gasteiger charge is -2.13. The van der Waals surface area contributed by atoms with Gasteiger partial charge in [0.15, 0.2) is 5.11 Å². The van der Waals surface area contributed by atoms with Crippen molar-refractivity contribution in [3.05, 3.63) is 70.1 Å². The molecule has 2 N–H and O–H groups in total. The summed E-state index contributed by atoms with van der Waals surface area (Å²) < 4.78 is 5.34. The van der Waals surface area contributed by atoms with Crippen molar-refractivity contribution in [1.29, 1.82) is 0 Å². The van der Waals surface area contributed by atoms with E-state index in [1.807, 2.05) is 56.3 Å². The molecule has 6 heteroatoms. The monoisotopic (exact) mass is 424 g/mol. The summed E-state index contributed by atoms with van der Waals surface area (Å²) in [6.45, 7) is 8.20. The highest BCUT2D eigenvalue weighted by Gasteiger charge is 2.25. The number of rotatable bonds is 5. The Balaban J connectivity index is 1.94. The summed E-state index contributed by atoms with van der Waals surface area (Å²) >= 11 is 7.02. The van der Waals surface area contributed by atoms with Crippen molar-refractivity contribution in [1.82, 2.24) is 0 Å². The van der Waals surface area contributed by atoms with Crippen LogP contribution < -0.4 is 10.6 Å². The van der Waals surface area contributed by atoms with Crippen molar-refractivity contribution in [2.75, 3.05) is 17.2 Å². The Morgan fingerprint density at radius 2 is 1.79 bits per heavy atom. The third-order valence-corrected chi connectivity index (χ3v) is 5.71. The summed E-state index contributed by atoms with van der Waals surface area (Å²) in [4.78, 5) is 13.8. The van der Waals surface area contributed by atoms with Gasteiger partial charge >= 0.3 is 5.97 Å². The summed E-state index contributed by atoms with van der Waals surface area (Å²) in [5, 5.41) is 7.55. The number of esters is 1. The number of thiocarbonyl (C=S) groups is 1. The second kappa shape index (κ2) is 9.20. The molecule has 0 saturated heterocycles. The van der Waals surface area contributed by atoms with Crippen LogP contribution in [-0.2, 0) is 4.74 Å². The molecule has 2 aromatic carbocycles. The minimum Gasteiger partial charge on any atom is -0.462 e. The molecule has 29 heavy (non-hydrogen) atoms.